The van der Waals surface area contributed by atoms with Gasteiger partial charge in [0.05, 0.1) is 37.5 Å². The number of ether oxygens (including phenoxy) is 2. The monoisotopic (exact) mass is 451 g/mol. The van der Waals surface area contributed by atoms with Gasteiger partial charge in [-0.1, -0.05) is 12.1 Å². The van der Waals surface area contributed by atoms with Crippen molar-refractivity contribution in [2.24, 2.45) is 0 Å². The molecule has 9 heteroatoms. The van der Waals surface area contributed by atoms with Crippen molar-refractivity contribution in [3.8, 4) is 0 Å². The SMILES string of the molecule is COC(=O)c1ccc(C2C(=C(O)c3ccncc3)C(=O)C(=O)N2CCN2CCOCC2)cc1. The van der Waals surface area contributed by atoms with Crippen molar-refractivity contribution in [3.63, 3.8) is 0 Å². The highest BCUT2D eigenvalue weighted by atomic mass is 16.5. The number of Topliss-reactive ketones (excluding diaryl/α,β-unsaturated/α-hetero) is 1. The van der Waals surface area contributed by atoms with E-state index in [1.165, 1.54) is 24.4 Å². The van der Waals surface area contributed by atoms with Gasteiger partial charge in [-0.25, -0.2) is 4.79 Å². The first-order valence-corrected chi connectivity index (χ1v) is 10.7. The summed E-state index contributed by atoms with van der Waals surface area (Å²) in [6, 6.07) is 8.87. The zero-order valence-electron chi connectivity index (χ0n) is 18.3. The van der Waals surface area contributed by atoms with Gasteiger partial charge in [-0.2, -0.15) is 0 Å². The van der Waals surface area contributed by atoms with Crippen molar-refractivity contribution in [1.29, 1.82) is 0 Å². The normalized spacial score (nSPS) is 20.8. The summed E-state index contributed by atoms with van der Waals surface area (Å²) in [6.07, 6.45) is 3.01. The van der Waals surface area contributed by atoms with Gasteiger partial charge in [-0.05, 0) is 29.8 Å². The van der Waals surface area contributed by atoms with Crippen LogP contribution in [0.2, 0.25) is 0 Å². The number of aliphatic hydroxyl groups excluding tert-OH is 1. The lowest BCUT2D eigenvalue weighted by molar-refractivity contribution is -0.140. The maximum absolute atomic E-state index is 13.1. The third-order valence-electron chi connectivity index (χ3n) is 5.90. The zero-order chi connectivity index (χ0) is 23.4. The third kappa shape index (κ3) is 4.64. The second-order valence-electron chi connectivity index (χ2n) is 7.80. The Morgan fingerprint density at radius 2 is 1.73 bits per heavy atom. The van der Waals surface area contributed by atoms with Crippen LogP contribution >= 0.6 is 0 Å². The van der Waals surface area contributed by atoms with Gasteiger partial charge in [-0.15, -0.1) is 0 Å². The number of morpholine rings is 1. The molecule has 1 N–H and O–H groups in total. The molecule has 0 spiro atoms. The molecule has 0 saturated carbocycles. The highest BCUT2D eigenvalue weighted by Crippen LogP contribution is 2.39. The predicted molar refractivity (Wildman–Crippen MR) is 118 cm³/mol. The minimum absolute atomic E-state index is 0.0130. The van der Waals surface area contributed by atoms with Crippen LogP contribution in [0.4, 0.5) is 0 Å². The van der Waals surface area contributed by atoms with Crippen molar-refractivity contribution in [2.45, 2.75) is 6.04 Å². The molecule has 2 saturated heterocycles. The Morgan fingerprint density at radius 1 is 1.06 bits per heavy atom. The number of amides is 1. The number of methoxy groups -OCH3 is 1. The number of nitrogens with zero attached hydrogens (tertiary/aromatic N) is 3. The topological polar surface area (TPSA) is 109 Å². The van der Waals surface area contributed by atoms with Crippen LogP contribution in [-0.2, 0) is 19.1 Å². The van der Waals surface area contributed by atoms with Gasteiger partial charge in [0, 0.05) is 44.1 Å². The van der Waals surface area contributed by atoms with Gasteiger partial charge in [0.25, 0.3) is 11.7 Å². The van der Waals surface area contributed by atoms with E-state index < -0.39 is 23.7 Å². The molecule has 1 unspecified atom stereocenters. The molecule has 1 aromatic heterocycles. The smallest absolute Gasteiger partial charge is 0.337 e. The number of ketones is 1. The number of pyridine rings is 1. The van der Waals surface area contributed by atoms with Crippen LogP contribution in [0.5, 0.6) is 0 Å². The predicted octanol–water partition coefficient (Wildman–Crippen LogP) is 1.62. The number of carbonyl (C=O) groups excluding carboxylic acids is 3. The Kier molecular flexibility index (Phi) is 6.81. The molecular formula is C24H25N3O6. The van der Waals surface area contributed by atoms with Crippen molar-refractivity contribution >= 4 is 23.4 Å². The van der Waals surface area contributed by atoms with Crippen molar-refractivity contribution in [2.75, 3.05) is 46.5 Å². The molecule has 0 aliphatic carbocycles. The zero-order valence-corrected chi connectivity index (χ0v) is 18.3. The Labute approximate surface area is 191 Å². The molecule has 0 radical (unpaired) electrons. The highest BCUT2D eigenvalue weighted by Gasteiger charge is 2.46. The second kappa shape index (κ2) is 9.93. The van der Waals surface area contributed by atoms with E-state index in [1.54, 1.807) is 36.4 Å². The van der Waals surface area contributed by atoms with Crippen LogP contribution < -0.4 is 0 Å². The summed E-state index contributed by atoms with van der Waals surface area (Å²) in [5.74, 6) is -2.15. The molecule has 172 valence electrons. The summed E-state index contributed by atoms with van der Waals surface area (Å²) >= 11 is 0. The van der Waals surface area contributed by atoms with E-state index in [4.69, 9.17) is 9.47 Å². The molecule has 2 aromatic rings. The first-order chi connectivity index (χ1) is 16.0. The summed E-state index contributed by atoms with van der Waals surface area (Å²) in [4.78, 5) is 45.5. The molecule has 1 amide bonds. The Hall–Kier alpha value is -3.56. The van der Waals surface area contributed by atoms with Crippen LogP contribution in [0.1, 0.15) is 27.5 Å². The molecule has 1 aromatic carbocycles. The highest BCUT2D eigenvalue weighted by molar-refractivity contribution is 6.46. The van der Waals surface area contributed by atoms with Gasteiger partial charge < -0.3 is 19.5 Å². The number of aromatic nitrogens is 1. The van der Waals surface area contributed by atoms with Gasteiger partial charge in [-0.3, -0.25) is 19.5 Å². The van der Waals surface area contributed by atoms with Gasteiger partial charge in [0.1, 0.15) is 5.76 Å². The lowest BCUT2D eigenvalue weighted by Gasteiger charge is -2.31. The molecule has 33 heavy (non-hydrogen) atoms. The van der Waals surface area contributed by atoms with Gasteiger partial charge in [0.15, 0.2) is 0 Å². The average molecular weight is 451 g/mol. The standard InChI is InChI=1S/C24H25N3O6/c1-32-24(31)18-4-2-16(3-5-18)20-19(21(28)17-6-8-25-9-7-17)22(29)23(30)27(20)11-10-26-12-14-33-15-13-26/h2-9,20,28H,10-15H2,1H3. The molecule has 3 heterocycles. The van der Waals surface area contributed by atoms with E-state index in [2.05, 4.69) is 9.88 Å². The molecule has 9 nitrogen and oxygen atoms in total. The Balaban J connectivity index is 1.72. The summed E-state index contributed by atoms with van der Waals surface area (Å²) in [5, 5.41) is 11.0. The molecule has 1 atom stereocenters. The van der Waals surface area contributed by atoms with Crippen LogP contribution in [-0.4, -0.2) is 84.1 Å². The van der Waals surface area contributed by atoms with Crippen LogP contribution in [0.3, 0.4) is 0 Å². The minimum Gasteiger partial charge on any atom is -0.507 e. The minimum atomic E-state index is -0.786. The number of benzene rings is 1. The van der Waals surface area contributed by atoms with E-state index in [9.17, 15) is 19.5 Å². The lowest BCUT2D eigenvalue weighted by atomic mass is 9.95. The van der Waals surface area contributed by atoms with Crippen LogP contribution in [0.15, 0.2) is 54.4 Å². The third-order valence-corrected chi connectivity index (χ3v) is 5.90. The average Bonchev–Trinajstić information content (AvgIpc) is 3.12. The van der Waals surface area contributed by atoms with Gasteiger partial charge in [0.2, 0.25) is 0 Å². The first-order valence-electron chi connectivity index (χ1n) is 10.7. The fraction of sp³-hybridized carbons (Fsp3) is 0.333. The fourth-order valence-corrected chi connectivity index (χ4v) is 4.12. The van der Waals surface area contributed by atoms with Crippen molar-refractivity contribution in [1.82, 2.24) is 14.8 Å². The van der Waals surface area contributed by atoms with Crippen molar-refractivity contribution in [3.05, 3.63) is 71.1 Å². The largest absolute Gasteiger partial charge is 0.507 e. The van der Waals surface area contributed by atoms with Crippen LogP contribution in [0, 0.1) is 0 Å². The van der Waals surface area contributed by atoms with E-state index >= 15 is 0 Å². The number of likely N-dealkylation sites (tertiary alicyclic amines) is 1. The summed E-state index contributed by atoms with van der Waals surface area (Å²) < 4.78 is 10.1. The second-order valence-corrected chi connectivity index (χ2v) is 7.80. The Morgan fingerprint density at radius 3 is 2.36 bits per heavy atom. The molecule has 4 rings (SSSR count). The fourth-order valence-electron chi connectivity index (χ4n) is 4.12. The quantitative estimate of drug-likeness (QED) is 0.305. The van der Waals surface area contributed by atoms with Gasteiger partial charge >= 0.3 is 5.97 Å². The number of carbonyl (C=O) groups is 3. The number of hydrogen-bond donors (Lipinski definition) is 1. The maximum atomic E-state index is 13.1. The first kappa shape index (κ1) is 22.6. The maximum Gasteiger partial charge on any atom is 0.337 e. The molecule has 0 bridgehead atoms. The molecular weight excluding hydrogens is 426 g/mol. The molecule has 2 aliphatic rings. The Bertz CT molecular complexity index is 1060. The van der Waals surface area contributed by atoms with E-state index in [-0.39, 0.29) is 11.3 Å². The van der Waals surface area contributed by atoms with E-state index in [0.29, 0.717) is 43.0 Å². The summed E-state index contributed by atoms with van der Waals surface area (Å²) in [7, 11) is 1.30. The molecule has 2 fully saturated rings. The van der Waals surface area contributed by atoms with Crippen LogP contribution in [0.25, 0.3) is 5.76 Å². The lowest BCUT2D eigenvalue weighted by Crippen LogP contribution is -2.42. The number of rotatable bonds is 6. The summed E-state index contributed by atoms with van der Waals surface area (Å²) in [5.41, 5.74) is 1.37. The van der Waals surface area contributed by atoms with E-state index in [0.717, 1.165) is 13.1 Å². The number of esters is 1. The van der Waals surface area contributed by atoms with Crippen molar-refractivity contribution < 1.29 is 29.0 Å². The summed E-state index contributed by atoms with van der Waals surface area (Å²) in [6.45, 7) is 3.63. The number of hydrogen-bond acceptors (Lipinski definition) is 8. The molecule has 2 aliphatic heterocycles. The van der Waals surface area contributed by atoms with E-state index in [1.807, 2.05) is 0 Å². The number of aliphatic hydroxyl groups is 1.